The zero-order valence-electron chi connectivity index (χ0n) is 4.14. The summed E-state index contributed by atoms with van der Waals surface area (Å²) < 4.78 is -0.722. The third kappa shape index (κ3) is 2.47. The molecule has 0 bridgehead atoms. The second-order valence-electron chi connectivity index (χ2n) is 1.39. The molecule has 1 rings (SSSR count). The molecular weight excluding hydrogens is 176 g/mol. The zero-order valence-corrected chi connectivity index (χ0v) is 7.46. The maximum absolute atomic E-state index is 5.56. The molecule has 0 aliphatic heterocycles. The van der Waals surface area contributed by atoms with Crippen molar-refractivity contribution >= 4 is 23.2 Å². The SMILES string of the molecule is ClC1(Cl)C=CC=C1.[Sc]. The van der Waals surface area contributed by atoms with E-state index in [1.807, 2.05) is 12.2 Å². The first-order valence-corrected chi connectivity index (χ1v) is 2.71. The molecule has 0 heterocycles. The first kappa shape index (κ1) is 8.93. The largest absolute Gasteiger partial charge is 0.155 e. The van der Waals surface area contributed by atoms with Crippen molar-refractivity contribution in [2.24, 2.45) is 0 Å². The Balaban J connectivity index is 0.000000490. The van der Waals surface area contributed by atoms with E-state index in [4.69, 9.17) is 23.2 Å². The Hall–Kier alpha value is 0.930. The molecule has 0 N–H and O–H groups in total. The van der Waals surface area contributed by atoms with Gasteiger partial charge >= 0.3 is 0 Å². The minimum atomic E-state index is -0.722. The van der Waals surface area contributed by atoms with E-state index in [2.05, 4.69) is 0 Å². The van der Waals surface area contributed by atoms with Gasteiger partial charge in [-0.1, -0.05) is 35.4 Å². The van der Waals surface area contributed by atoms with Crippen LogP contribution < -0.4 is 0 Å². The van der Waals surface area contributed by atoms with Crippen molar-refractivity contribution in [3.8, 4) is 0 Å². The quantitative estimate of drug-likeness (QED) is 0.501. The Morgan fingerprint density at radius 1 is 1.00 bits per heavy atom. The van der Waals surface area contributed by atoms with E-state index in [0.717, 1.165) is 0 Å². The summed E-state index contributed by atoms with van der Waals surface area (Å²) in [7, 11) is 0. The molecular formula is C5H4Cl2Sc. The molecule has 0 aromatic heterocycles. The van der Waals surface area contributed by atoms with Crippen LogP contribution in [0.5, 0.6) is 0 Å². The van der Waals surface area contributed by atoms with Crippen molar-refractivity contribution in [2.75, 3.05) is 0 Å². The van der Waals surface area contributed by atoms with E-state index in [0.29, 0.717) is 0 Å². The van der Waals surface area contributed by atoms with Crippen LogP contribution in [0.2, 0.25) is 0 Å². The molecule has 0 unspecified atom stereocenters. The van der Waals surface area contributed by atoms with Gasteiger partial charge in [-0.05, 0) is 12.2 Å². The van der Waals surface area contributed by atoms with Gasteiger partial charge in [0.25, 0.3) is 0 Å². The molecule has 0 aromatic carbocycles. The normalized spacial score (nSPS) is 20.8. The number of hydrogen-bond donors (Lipinski definition) is 0. The third-order valence-corrected chi connectivity index (χ3v) is 1.25. The molecule has 3 heteroatoms. The summed E-state index contributed by atoms with van der Waals surface area (Å²) in [5.41, 5.74) is 0. The number of hydrogen-bond acceptors (Lipinski definition) is 0. The summed E-state index contributed by atoms with van der Waals surface area (Å²) in [6.45, 7) is 0. The number of allylic oxidation sites excluding steroid dienone is 4. The fraction of sp³-hybridized carbons (Fsp3) is 0.200. The Morgan fingerprint density at radius 2 is 1.38 bits per heavy atom. The average Bonchev–Trinajstić information content (AvgIpc) is 1.84. The molecule has 0 spiro atoms. The smallest absolute Gasteiger partial charge is 0.0923 e. The van der Waals surface area contributed by atoms with Crippen molar-refractivity contribution in [2.45, 2.75) is 4.33 Å². The number of rotatable bonds is 0. The molecule has 0 fully saturated rings. The standard InChI is InChI=1S/C5H4Cl2.Sc/c6-5(7)3-1-2-4-5;/h1-4H;. The Bertz CT molecular complexity index is 112. The van der Waals surface area contributed by atoms with Gasteiger partial charge in [-0.3, -0.25) is 0 Å². The van der Waals surface area contributed by atoms with Crippen LogP contribution in [0.1, 0.15) is 0 Å². The number of alkyl halides is 2. The van der Waals surface area contributed by atoms with Crippen LogP contribution >= 0.6 is 23.2 Å². The monoisotopic (exact) mass is 179 g/mol. The predicted molar refractivity (Wildman–Crippen MR) is 32.7 cm³/mol. The minimum absolute atomic E-state index is 0. The molecule has 41 valence electrons. The van der Waals surface area contributed by atoms with Gasteiger partial charge in [0.2, 0.25) is 0 Å². The Labute approximate surface area is 77.3 Å². The molecule has 0 aromatic rings. The van der Waals surface area contributed by atoms with E-state index in [1.54, 1.807) is 12.2 Å². The summed E-state index contributed by atoms with van der Waals surface area (Å²) in [5.74, 6) is 0. The second-order valence-corrected chi connectivity index (χ2v) is 2.84. The Morgan fingerprint density at radius 3 is 1.50 bits per heavy atom. The minimum Gasteiger partial charge on any atom is -0.0923 e. The van der Waals surface area contributed by atoms with Crippen LogP contribution in [0.4, 0.5) is 0 Å². The van der Waals surface area contributed by atoms with E-state index in [9.17, 15) is 0 Å². The van der Waals surface area contributed by atoms with Crippen LogP contribution in [0, 0.1) is 0 Å². The first-order valence-electron chi connectivity index (χ1n) is 1.96. The van der Waals surface area contributed by atoms with Gasteiger partial charge in [-0.15, -0.1) is 0 Å². The van der Waals surface area contributed by atoms with Crippen molar-refractivity contribution in [3.63, 3.8) is 0 Å². The number of halogens is 2. The maximum atomic E-state index is 5.56. The summed E-state index contributed by atoms with van der Waals surface area (Å²) in [4.78, 5) is 0. The third-order valence-electron chi connectivity index (χ3n) is 0.748. The van der Waals surface area contributed by atoms with Crippen molar-refractivity contribution in [1.29, 1.82) is 0 Å². The van der Waals surface area contributed by atoms with Crippen molar-refractivity contribution < 1.29 is 25.8 Å². The van der Waals surface area contributed by atoms with Crippen LogP contribution in [0.25, 0.3) is 0 Å². The molecule has 0 saturated carbocycles. The molecule has 0 amide bonds. The molecule has 0 nitrogen and oxygen atoms in total. The van der Waals surface area contributed by atoms with Gasteiger partial charge in [0, 0.05) is 25.8 Å². The summed E-state index contributed by atoms with van der Waals surface area (Å²) in [6.07, 6.45) is 7.08. The fourth-order valence-electron chi connectivity index (χ4n) is 0.423. The summed E-state index contributed by atoms with van der Waals surface area (Å²) in [6, 6.07) is 0. The van der Waals surface area contributed by atoms with E-state index < -0.39 is 4.33 Å². The Kier molecular flexibility index (Phi) is 3.56. The van der Waals surface area contributed by atoms with Gasteiger partial charge in [0.1, 0.15) is 0 Å². The van der Waals surface area contributed by atoms with Crippen LogP contribution in [-0.4, -0.2) is 4.33 Å². The molecule has 0 saturated heterocycles. The van der Waals surface area contributed by atoms with Gasteiger partial charge < -0.3 is 0 Å². The van der Waals surface area contributed by atoms with E-state index in [1.165, 1.54) is 0 Å². The van der Waals surface area contributed by atoms with Gasteiger partial charge in [0.05, 0.1) is 0 Å². The summed E-state index contributed by atoms with van der Waals surface area (Å²) >= 11 is 11.1. The summed E-state index contributed by atoms with van der Waals surface area (Å²) in [5, 5.41) is 0. The predicted octanol–water partition coefficient (Wildman–Crippen LogP) is 2.28. The fourth-order valence-corrected chi connectivity index (χ4v) is 0.714. The van der Waals surface area contributed by atoms with Gasteiger partial charge in [0.15, 0.2) is 4.33 Å². The molecule has 1 aliphatic carbocycles. The van der Waals surface area contributed by atoms with Crippen molar-refractivity contribution in [1.82, 2.24) is 0 Å². The molecule has 1 radical (unpaired) electrons. The first-order chi connectivity index (χ1) is 3.21. The molecule has 8 heavy (non-hydrogen) atoms. The average molecular weight is 180 g/mol. The molecule has 0 atom stereocenters. The van der Waals surface area contributed by atoms with Crippen molar-refractivity contribution in [3.05, 3.63) is 24.3 Å². The van der Waals surface area contributed by atoms with Gasteiger partial charge in [-0.2, -0.15) is 0 Å². The van der Waals surface area contributed by atoms with E-state index >= 15 is 0 Å². The zero-order chi connectivity index (χ0) is 5.33. The maximum Gasteiger partial charge on any atom is 0.155 e. The second kappa shape index (κ2) is 3.19. The van der Waals surface area contributed by atoms with E-state index in [-0.39, 0.29) is 25.8 Å². The van der Waals surface area contributed by atoms with Gasteiger partial charge in [-0.25, -0.2) is 0 Å². The van der Waals surface area contributed by atoms with Crippen LogP contribution in [-0.2, 0) is 25.8 Å². The van der Waals surface area contributed by atoms with Crippen LogP contribution in [0.15, 0.2) is 24.3 Å². The topological polar surface area (TPSA) is 0 Å². The van der Waals surface area contributed by atoms with Crippen LogP contribution in [0.3, 0.4) is 0 Å². The molecule has 1 aliphatic rings.